The van der Waals surface area contributed by atoms with Crippen LogP contribution in [-0.2, 0) is 0 Å². The predicted octanol–water partition coefficient (Wildman–Crippen LogP) is -0.193. The van der Waals surface area contributed by atoms with Gasteiger partial charge in [-0.25, -0.2) is 4.98 Å². The van der Waals surface area contributed by atoms with Crippen molar-refractivity contribution in [3.05, 3.63) is 17.8 Å². The minimum atomic E-state index is -0.330. The van der Waals surface area contributed by atoms with Gasteiger partial charge in [-0.2, -0.15) is 0 Å². The number of nitrogens with zero attached hydrogens (tertiary/aromatic N) is 1. The lowest BCUT2D eigenvalue weighted by Gasteiger charge is -1.99. The van der Waals surface area contributed by atoms with Crippen LogP contribution in [0, 0.1) is 0 Å². The van der Waals surface area contributed by atoms with E-state index in [0.29, 0.717) is 18.9 Å². The van der Waals surface area contributed by atoms with E-state index >= 15 is 0 Å². The van der Waals surface area contributed by atoms with Gasteiger partial charge in [0.2, 0.25) is 5.89 Å². The molecular formula is C9H15N3O3. The highest BCUT2D eigenvalue weighted by atomic mass is 16.3. The summed E-state index contributed by atoms with van der Waals surface area (Å²) in [4.78, 5) is 15.3. The monoisotopic (exact) mass is 213 g/mol. The number of hydrogen-bond donors (Lipinski definition) is 3. The van der Waals surface area contributed by atoms with Gasteiger partial charge in [-0.3, -0.25) is 4.79 Å². The van der Waals surface area contributed by atoms with Crippen molar-refractivity contribution in [2.24, 2.45) is 5.73 Å². The number of aromatic nitrogens is 1. The van der Waals surface area contributed by atoms with Crippen molar-refractivity contribution in [1.29, 1.82) is 0 Å². The van der Waals surface area contributed by atoms with Crippen LogP contribution in [0.3, 0.4) is 0 Å². The summed E-state index contributed by atoms with van der Waals surface area (Å²) in [6.07, 6.45) is 1.79. The molecule has 6 nitrogen and oxygen atoms in total. The third-order valence-electron chi connectivity index (χ3n) is 1.76. The number of nitrogens with one attached hydrogen (secondary N) is 1. The molecule has 1 rings (SSSR count). The molecule has 84 valence electrons. The molecule has 0 saturated heterocycles. The number of hydrogen-bond acceptors (Lipinski definition) is 5. The summed E-state index contributed by atoms with van der Waals surface area (Å²) in [5.74, 6) is 0.0152. The Morgan fingerprint density at radius 3 is 3.07 bits per heavy atom. The van der Waals surface area contributed by atoms with E-state index in [1.54, 1.807) is 6.92 Å². The van der Waals surface area contributed by atoms with Gasteiger partial charge >= 0.3 is 0 Å². The third kappa shape index (κ3) is 3.34. The topological polar surface area (TPSA) is 101 Å². The number of oxazole rings is 1. The van der Waals surface area contributed by atoms with E-state index in [2.05, 4.69) is 10.3 Å². The Hall–Kier alpha value is -1.40. The van der Waals surface area contributed by atoms with E-state index in [-0.39, 0.29) is 24.2 Å². The van der Waals surface area contributed by atoms with Crippen LogP contribution in [0.4, 0.5) is 0 Å². The summed E-state index contributed by atoms with van der Waals surface area (Å²) in [6, 6.07) is -0.330. The maximum atomic E-state index is 11.4. The molecular weight excluding hydrogens is 198 g/mol. The van der Waals surface area contributed by atoms with Crippen LogP contribution < -0.4 is 11.1 Å². The van der Waals surface area contributed by atoms with Crippen molar-refractivity contribution in [1.82, 2.24) is 10.3 Å². The second kappa shape index (κ2) is 5.47. The van der Waals surface area contributed by atoms with E-state index in [0.717, 1.165) is 0 Å². The van der Waals surface area contributed by atoms with Gasteiger partial charge in [-0.05, 0) is 13.3 Å². The zero-order valence-electron chi connectivity index (χ0n) is 8.56. The molecule has 6 heteroatoms. The molecule has 1 atom stereocenters. The molecule has 1 unspecified atom stereocenters. The van der Waals surface area contributed by atoms with Crippen LogP contribution in [0.5, 0.6) is 0 Å². The quantitative estimate of drug-likeness (QED) is 0.588. The molecule has 15 heavy (non-hydrogen) atoms. The van der Waals surface area contributed by atoms with Crippen LogP contribution in [-0.4, -0.2) is 29.1 Å². The normalized spacial score (nSPS) is 12.5. The summed E-state index contributed by atoms with van der Waals surface area (Å²) in [7, 11) is 0. The fourth-order valence-corrected chi connectivity index (χ4v) is 0.973. The average molecular weight is 213 g/mol. The van der Waals surface area contributed by atoms with Gasteiger partial charge in [0.25, 0.3) is 5.91 Å². The molecule has 0 aliphatic heterocycles. The first-order valence-electron chi connectivity index (χ1n) is 4.75. The predicted molar refractivity (Wildman–Crippen MR) is 53.1 cm³/mol. The van der Waals surface area contributed by atoms with Crippen LogP contribution in [0.2, 0.25) is 0 Å². The standard InChI is InChI=1S/C9H15N3O3/c1-6(10)9-12-7(5-15-9)8(14)11-3-2-4-13/h5-6,13H,2-4,10H2,1H3,(H,11,14). The summed E-state index contributed by atoms with van der Waals surface area (Å²) in [5.41, 5.74) is 5.74. The van der Waals surface area contributed by atoms with E-state index in [9.17, 15) is 4.79 Å². The van der Waals surface area contributed by atoms with Gasteiger partial charge in [0.1, 0.15) is 6.26 Å². The number of carbonyl (C=O) groups is 1. The van der Waals surface area contributed by atoms with Gasteiger partial charge in [0.05, 0.1) is 6.04 Å². The second-order valence-corrected chi connectivity index (χ2v) is 3.19. The van der Waals surface area contributed by atoms with Crippen LogP contribution >= 0.6 is 0 Å². The number of aliphatic hydroxyl groups excluding tert-OH is 1. The lowest BCUT2D eigenvalue weighted by atomic mass is 10.3. The Morgan fingerprint density at radius 2 is 2.53 bits per heavy atom. The molecule has 1 amide bonds. The van der Waals surface area contributed by atoms with Crippen LogP contribution in [0.15, 0.2) is 10.7 Å². The Kier molecular flexibility index (Phi) is 4.26. The number of amides is 1. The fourth-order valence-electron chi connectivity index (χ4n) is 0.973. The zero-order chi connectivity index (χ0) is 11.3. The first-order valence-corrected chi connectivity index (χ1v) is 4.75. The van der Waals surface area contributed by atoms with E-state index < -0.39 is 0 Å². The van der Waals surface area contributed by atoms with Crippen molar-refractivity contribution in [3.8, 4) is 0 Å². The Balaban J connectivity index is 2.51. The minimum absolute atomic E-state index is 0.0458. The number of aliphatic hydroxyl groups is 1. The summed E-state index contributed by atoms with van der Waals surface area (Å²) < 4.78 is 5.01. The molecule has 0 aromatic carbocycles. The number of rotatable bonds is 5. The second-order valence-electron chi connectivity index (χ2n) is 3.19. The summed E-state index contributed by atoms with van der Waals surface area (Å²) >= 11 is 0. The van der Waals surface area contributed by atoms with Gasteiger partial charge in [0, 0.05) is 13.2 Å². The number of nitrogens with two attached hydrogens (primary N) is 1. The van der Waals surface area contributed by atoms with Crippen molar-refractivity contribution in [2.45, 2.75) is 19.4 Å². The molecule has 0 aliphatic carbocycles. The molecule has 1 heterocycles. The average Bonchev–Trinajstić information content (AvgIpc) is 2.66. The molecule has 1 aromatic rings. The lowest BCUT2D eigenvalue weighted by Crippen LogP contribution is -2.25. The van der Waals surface area contributed by atoms with E-state index in [4.69, 9.17) is 15.3 Å². The summed E-state index contributed by atoms with van der Waals surface area (Å²) in [5, 5.41) is 11.1. The van der Waals surface area contributed by atoms with Gasteiger partial charge in [0.15, 0.2) is 5.69 Å². The molecule has 0 aliphatic rings. The van der Waals surface area contributed by atoms with Crippen molar-refractivity contribution < 1.29 is 14.3 Å². The Bertz CT molecular complexity index is 322. The maximum absolute atomic E-state index is 11.4. The van der Waals surface area contributed by atoms with Crippen LogP contribution in [0.25, 0.3) is 0 Å². The Labute approximate surface area is 87.5 Å². The highest BCUT2D eigenvalue weighted by Crippen LogP contribution is 2.08. The maximum Gasteiger partial charge on any atom is 0.273 e. The minimum Gasteiger partial charge on any atom is -0.446 e. The zero-order valence-corrected chi connectivity index (χ0v) is 8.56. The SMILES string of the molecule is CC(N)c1nc(C(=O)NCCCO)co1. The smallest absolute Gasteiger partial charge is 0.273 e. The van der Waals surface area contributed by atoms with Crippen molar-refractivity contribution in [3.63, 3.8) is 0 Å². The molecule has 1 aromatic heterocycles. The molecule has 0 saturated carbocycles. The van der Waals surface area contributed by atoms with Gasteiger partial charge in [-0.15, -0.1) is 0 Å². The Morgan fingerprint density at radius 1 is 1.80 bits per heavy atom. The van der Waals surface area contributed by atoms with Crippen LogP contribution in [0.1, 0.15) is 35.8 Å². The van der Waals surface area contributed by atoms with E-state index in [1.807, 2.05) is 0 Å². The summed E-state index contributed by atoms with van der Waals surface area (Å²) in [6.45, 7) is 2.18. The van der Waals surface area contributed by atoms with Crippen molar-refractivity contribution >= 4 is 5.91 Å². The first kappa shape index (κ1) is 11.7. The molecule has 4 N–H and O–H groups in total. The number of carbonyl (C=O) groups excluding carboxylic acids is 1. The highest BCUT2D eigenvalue weighted by Gasteiger charge is 2.13. The molecule has 0 radical (unpaired) electrons. The highest BCUT2D eigenvalue weighted by molar-refractivity contribution is 5.91. The largest absolute Gasteiger partial charge is 0.446 e. The molecule has 0 fully saturated rings. The lowest BCUT2D eigenvalue weighted by molar-refractivity contribution is 0.0946. The molecule has 0 bridgehead atoms. The third-order valence-corrected chi connectivity index (χ3v) is 1.76. The van der Waals surface area contributed by atoms with Gasteiger partial charge < -0.3 is 20.6 Å². The fraction of sp³-hybridized carbons (Fsp3) is 0.556. The first-order chi connectivity index (χ1) is 7.15. The van der Waals surface area contributed by atoms with Gasteiger partial charge in [-0.1, -0.05) is 0 Å². The van der Waals surface area contributed by atoms with E-state index in [1.165, 1.54) is 6.26 Å². The van der Waals surface area contributed by atoms with Crippen molar-refractivity contribution in [2.75, 3.05) is 13.2 Å². The molecule has 0 spiro atoms.